The van der Waals surface area contributed by atoms with Crippen LogP contribution in [0.3, 0.4) is 0 Å². The van der Waals surface area contributed by atoms with Crippen molar-refractivity contribution < 1.29 is 26.3 Å². The first-order valence-electron chi connectivity index (χ1n) is 8.72. The molecule has 1 aliphatic carbocycles. The Balaban J connectivity index is 2.18. The van der Waals surface area contributed by atoms with E-state index < -0.39 is 28.1 Å². The SMILES string of the molecule is NS(=O)(=O)c1ccc(OC(F)(F)F)cc1C(c1ccc(Cl)cc1)C1CCCC1. The van der Waals surface area contributed by atoms with Gasteiger partial charge in [-0.15, -0.1) is 13.2 Å². The second-order valence-electron chi connectivity index (χ2n) is 6.87. The Hall–Kier alpha value is -1.77. The average Bonchev–Trinajstić information content (AvgIpc) is 3.08. The van der Waals surface area contributed by atoms with Gasteiger partial charge in [0.15, 0.2) is 0 Å². The third-order valence-corrected chi connectivity index (χ3v) is 6.19. The van der Waals surface area contributed by atoms with Gasteiger partial charge in [-0.2, -0.15) is 0 Å². The van der Waals surface area contributed by atoms with Gasteiger partial charge in [0.25, 0.3) is 0 Å². The molecule has 1 saturated carbocycles. The van der Waals surface area contributed by atoms with Crippen molar-refractivity contribution in [3.8, 4) is 5.75 Å². The summed E-state index contributed by atoms with van der Waals surface area (Å²) in [6.07, 6.45) is -1.27. The Kier molecular flexibility index (Phi) is 5.93. The van der Waals surface area contributed by atoms with Gasteiger partial charge in [0.2, 0.25) is 10.0 Å². The lowest BCUT2D eigenvalue weighted by Gasteiger charge is -2.27. The molecule has 1 fully saturated rings. The summed E-state index contributed by atoms with van der Waals surface area (Å²) in [4.78, 5) is -0.200. The van der Waals surface area contributed by atoms with Gasteiger partial charge in [0, 0.05) is 10.9 Å². The molecule has 2 aromatic rings. The highest BCUT2D eigenvalue weighted by molar-refractivity contribution is 7.89. The van der Waals surface area contributed by atoms with Crippen molar-refractivity contribution in [1.29, 1.82) is 0 Å². The summed E-state index contributed by atoms with van der Waals surface area (Å²) in [6.45, 7) is 0. The van der Waals surface area contributed by atoms with E-state index in [-0.39, 0.29) is 16.4 Å². The van der Waals surface area contributed by atoms with Crippen LogP contribution in [-0.4, -0.2) is 14.8 Å². The fraction of sp³-hybridized carbons (Fsp3) is 0.368. The maximum Gasteiger partial charge on any atom is 0.573 e. The van der Waals surface area contributed by atoms with Crippen LogP contribution < -0.4 is 9.88 Å². The highest BCUT2D eigenvalue weighted by Crippen LogP contribution is 2.44. The van der Waals surface area contributed by atoms with Gasteiger partial charge in [-0.1, -0.05) is 36.6 Å². The zero-order chi connectivity index (χ0) is 20.5. The molecule has 0 aliphatic heterocycles. The molecular weight excluding hydrogens is 415 g/mol. The molecule has 0 aromatic heterocycles. The van der Waals surface area contributed by atoms with Crippen LogP contribution in [-0.2, 0) is 10.0 Å². The lowest BCUT2D eigenvalue weighted by Crippen LogP contribution is -2.21. The van der Waals surface area contributed by atoms with Crippen LogP contribution in [0.15, 0.2) is 47.4 Å². The number of hydrogen-bond acceptors (Lipinski definition) is 3. The Morgan fingerprint density at radius 1 is 1.07 bits per heavy atom. The first-order chi connectivity index (χ1) is 13.0. The molecular formula is C19H19ClF3NO3S. The third kappa shape index (κ3) is 4.98. The standard InChI is InChI=1S/C19H19ClF3NO3S/c20-14-7-5-13(6-8-14)18(12-3-1-2-4-12)16-11-15(27-19(21,22)23)9-10-17(16)28(24,25)26/h5-12,18H,1-4H2,(H2,24,25,26). The Labute approximate surface area is 166 Å². The van der Waals surface area contributed by atoms with E-state index in [1.807, 2.05) is 0 Å². The zero-order valence-electron chi connectivity index (χ0n) is 14.7. The number of alkyl halides is 3. The van der Waals surface area contributed by atoms with Crippen LogP contribution in [0.2, 0.25) is 5.02 Å². The molecule has 0 saturated heterocycles. The van der Waals surface area contributed by atoms with E-state index in [0.29, 0.717) is 5.02 Å². The van der Waals surface area contributed by atoms with Crippen molar-refractivity contribution in [3.63, 3.8) is 0 Å². The summed E-state index contributed by atoms with van der Waals surface area (Å²) in [7, 11) is -4.15. The van der Waals surface area contributed by atoms with Crippen LogP contribution in [0.1, 0.15) is 42.7 Å². The second-order valence-corrected chi connectivity index (χ2v) is 8.83. The highest BCUT2D eigenvalue weighted by Gasteiger charge is 2.34. The zero-order valence-corrected chi connectivity index (χ0v) is 16.3. The van der Waals surface area contributed by atoms with Crippen LogP contribution in [0.5, 0.6) is 5.75 Å². The third-order valence-electron chi connectivity index (χ3n) is 4.96. The molecule has 0 spiro atoms. The molecule has 0 amide bonds. The minimum absolute atomic E-state index is 0.0720. The monoisotopic (exact) mass is 433 g/mol. The molecule has 9 heteroatoms. The van der Waals surface area contributed by atoms with Gasteiger partial charge in [-0.25, -0.2) is 13.6 Å². The van der Waals surface area contributed by atoms with E-state index in [9.17, 15) is 21.6 Å². The lowest BCUT2D eigenvalue weighted by atomic mass is 9.79. The van der Waals surface area contributed by atoms with Gasteiger partial charge >= 0.3 is 6.36 Å². The summed E-state index contributed by atoms with van der Waals surface area (Å²) in [6, 6.07) is 10.0. The summed E-state index contributed by atoms with van der Waals surface area (Å²) < 4.78 is 66.4. The molecule has 1 unspecified atom stereocenters. The molecule has 1 aliphatic rings. The molecule has 2 N–H and O–H groups in total. The molecule has 2 aromatic carbocycles. The molecule has 4 nitrogen and oxygen atoms in total. The minimum Gasteiger partial charge on any atom is -0.406 e. The van der Waals surface area contributed by atoms with Gasteiger partial charge in [0.1, 0.15) is 5.75 Å². The number of halogens is 4. The largest absolute Gasteiger partial charge is 0.573 e. The number of hydrogen-bond donors (Lipinski definition) is 1. The van der Waals surface area contributed by atoms with Crippen molar-refractivity contribution in [2.75, 3.05) is 0 Å². The Bertz CT molecular complexity index is 940. The summed E-state index contributed by atoms with van der Waals surface area (Å²) in [5.41, 5.74) is 0.976. The lowest BCUT2D eigenvalue weighted by molar-refractivity contribution is -0.274. The topological polar surface area (TPSA) is 69.4 Å². The van der Waals surface area contributed by atoms with Crippen molar-refractivity contribution >= 4 is 21.6 Å². The maximum absolute atomic E-state index is 12.7. The van der Waals surface area contributed by atoms with E-state index in [0.717, 1.165) is 49.4 Å². The van der Waals surface area contributed by atoms with Crippen LogP contribution in [0, 0.1) is 5.92 Å². The second kappa shape index (κ2) is 7.93. The number of nitrogens with two attached hydrogens (primary N) is 1. The van der Waals surface area contributed by atoms with E-state index in [1.165, 1.54) is 0 Å². The fourth-order valence-electron chi connectivity index (χ4n) is 3.89. The summed E-state index contributed by atoms with van der Waals surface area (Å²) >= 11 is 5.96. The van der Waals surface area contributed by atoms with Crippen LogP contribution >= 0.6 is 11.6 Å². The molecule has 0 radical (unpaired) electrons. The summed E-state index contributed by atoms with van der Waals surface area (Å²) in [5, 5.41) is 5.87. The van der Waals surface area contributed by atoms with E-state index in [1.54, 1.807) is 24.3 Å². The molecule has 0 bridgehead atoms. The Morgan fingerprint density at radius 2 is 1.68 bits per heavy atom. The highest BCUT2D eigenvalue weighted by atomic mass is 35.5. The predicted molar refractivity (Wildman–Crippen MR) is 99.8 cm³/mol. The van der Waals surface area contributed by atoms with Gasteiger partial charge in [-0.3, -0.25) is 0 Å². The van der Waals surface area contributed by atoms with E-state index in [4.69, 9.17) is 16.7 Å². The first-order valence-corrected chi connectivity index (χ1v) is 10.6. The molecule has 0 heterocycles. The van der Waals surface area contributed by atoms with Crippen LogP contribution in [0.4, 0.5) is 13.2 Å². The maximum atomic E-state index is 12.7. The normalized spacial score (nSPS) is 16.9. The summed E-state index contributed by atoms with van der Waals surface area (Å²) in [5.74, 6) is -0.848. The van der Waals surface area contributed by atoms with Gasteiger partial charge < -0.3 is 4.74 Å². The van der Waals surface area contributed by atoms with Crippen molar-refractivity contribution in [3.05, 3.63) is 58.6 Å². The van der Waals surface area contributed by atoms with E-state index in [2.05, 4.69) is 4.74 Å². The smallest absolute Gasteiger partial charge is 0.406 e. The van der Waals surface area contributed by atoms with Gasteiger partial charge in [0.05, 0.1) is 4.90 Å². The molecule has 1 atom stereocenters. The Morgan fingerprint density at radius 3 is 2.21 bits per heavy atom. The molecule has 28 heavy (non-hydrogen) atoms. The first kappa shape index (κ1) is 21.0. The molecule has 152 valence electrons. The van der Waals surface area contributed by atoms with Gasteiger partial charge in [-0.05, 0) is 60.2 Å². The van der Waals surface area contributed by atoms with Crippen molar-refractivity contribution in [1.82, 2.24) is 0 Å². The fourth-order valence-corrected chi connectivity index (χ4v) is 4.79. The minimum atomic E-state index is -4.89. The van der Waals surface area contributed by atoms with Crippen molar-refractivity contribution in [2.24, 2.45) is 11.1 Å². The quantitative estimate of drug-likeness (QED) is 0.703. The number of primary sulfonamides is 1. The molecule has 3 rings (SSSR count). The predicted octanol–water partition coefficient (Wildman–Crippen LogP) is 5.21. The number of sulfonamides is 1. The van der Waals surface area contributed by atoms with Crippen molar-refractivity contribution in [2.45, 2.75) is 42.9 Å². The average molecular weight is 434 g/mol. The number of rotatable bonds is 5. The number of benzene rings is 2. The number of ether oxygens (including phenoxy) is 1. The van der Waals surface area contributed by atoms with E-state index >= 15 is 0 Å². The van der Waals surface area contributed by atoms with Crippen LogP contribution in [0.25, 0.3) is 0 Å².